The van der Waals surface area contributed by atoms with Gasteiger partial charge in [-0.3, -0.25) is 9.69 Å². The number of rotatable bonds is 5. The first-order chi connectivity index (χ1) is 10.9. The van der Waals surface area contributed by atoms with Crippen molar-refractivity contribution in [2.75, 3.05) is 39.3 Å². The predicted molar refractivity (Wildman–Crippen MR) is 80.3 cm³/mol. The summed E-state index contributed by atoms with van der Waals surface area (Å²) in [5.41, 5.74) is -0.782. The highest BCUT2D eigenvalue weighted by molar-refractivity contribution is 5.77. The quantitative estimate of drug-likeness (QED) is 0.832. The van der Waals surface area contributed by atoms with Crippen molar-refractivity contribution in [1.29, 1.82) is 0 Å². The molecule has 1 aromatic carbocycles. The Morgan fingerprint density at radius 1 is 1.22 bits per heavy atom. The summed E-state index contributed by atoms with van der Waals surface area (Å²) in [6.07, 6.45) is -3.34. The average molecular weight is 330 g/mol. The molecule has 128 valence electrons. The van der Waals surface area contributed by atoms with Crippen LogP contribution in [0.5, 0.6) is 5.75 Å². The Morgan fingerprint density at radius 2 is 1.91 bits per heavy atom. The minimum Gasteiger partial charge on any atom is -0.484 e. The van der Waals surface area contributed by atoms with Gasteiger partial charge in [0.05, 0.1) is 5.56 Å². The maximum absolute atomic E-state index is 12.6. The molecule has 7 heteroatoms. The van der Waals surface area contributed by atoms with Crippen LogP contribution in [0.25, 0.3) is 0 Å². The molecule has 0 spiro atoms. The Hall–Kier alpha value is -1.76. The summed E-state index contributed by atoms with van der Waals surface area (Å²) < 4.78 is 43.1. The predicted octanol–water partition coefficient (Wildman–Crippen LogP) is 2.64. The number of alkyl halides is 3. The van der Waals surface area contributed by atoms with Crippen LogP contribution < -0.4 is 4.74 Å². The third-order valence-electron chi connectivity index (χ3n) is 3.79. The molecule has 0 saturated carbocycles. The van der Waals surface area contributed by atoms with E-state index in [1.165, 1.54) is 12.1 Å². The van der Waals surface area contributed by atoms with Gasteiger partial charge in [0.2, 0.25) is 0 Å². The number of carbonyl (C=O) groups is 1. The smallest absolute Gasteiger partial charge is 0.416 e. The number of benzene rings is 1. The van der Waals surface area contributed by atoms with Crippen molar-refractivity contribution in [3.63, 3.8) is 0 Å². The van der Waals surface area contributed by atoms with E-state index >= 15 is 0 Å². The summed E-state index contributed by atoms with van der Waals surface area (Å²) in [5.74, 6) is -0.142. The lowest BCUT2D eigenvalue weighted by Crippen LogP contribution is -2.50. The molecule has 4 nitrogen and oxygen atoms in total. The largest absolute Gasteiger partial charge is 0.484 e. The molecule has 1 aliphatic heterocycles. The summed E-state index contributed by atoms with van der Waals surface area (Å²) >= 11 is 0. The van der Waals surface area contributed by atoms with Crippen molar-refractivity contribution in [3.8, 4) is 5.75 Å². The molecule has 1 saturated heterocycles. The lowest BCUT2D eigenvalue weighted by molar-refractivity contribution is -0.137. The van der Waals surface area contributed by atoms with E-state index in [2.05, 4.69) is 11.8 Å². The molecule has 0 aliphatic carbocycles. The first kappa shape index (κ1) is 17.6. The molecule has 23 heavy (non-hydrogen) atoms. The number of piperazine rings is 1. The number of ether oxygens (including phenoxy) is 1. The summed E-state index contributed by atoms with van der Waals surface area (Å²) in [6.45, 7) is 5.79. The molecule has 2 rings (SSSR count). The van der Waals surface area contributed by atoms with Gasteiger partial charge in [0.25, 0.3) is 5.91 Å². The molecule has 0 aromatic heterocycles. The first-order valence-electron chi connectivity index (χ1n) is 7.70. The van der Waals surface area contributed by atoms with Crippen molar-refractivity contribution < 1.29 is 22.7 Å². The monoisotopic (exact) mass is 330 g/mol. The lowest BCUT2D eigenvalue weighted by Gasteiger charge is -2.34. The maximum atomic E-state index is 12.6. The summed E-state index contributed by atoms with van der Waals surface area (Å²) in [6, 6.07) is 4.57. The first-order valence-corrected chi connectivity index (χ1v) is 7.70. The van der Waals surface area contributed by atoms with Gasteiger partial charge in [-0.2, -0.15) is 13.2 Å². The molecular weight excluding hydrogens is 309 g/mol. The Labute approximate surface area is 133 Å². The SMILES string of the molecule is CCCN1CCN(C(=O)COc2cccc(C(F)(F)F)c2)CC1. The third kappa shape index (κ3) is 5.13. The third-order valence-corrected chi connectivity index (χ3v) is 3.79. The Balaban J connectivity index is 1.83. The van der Waals surface area contributed by atoms with Gasteiger partial charge in [0.1, 0.15) is 5.75 Å². The number of amides is 1. The van der Waals surface area contributed by atoms with Crippen LogP contribution >= 0.6 is 0 Å². The van der Waals surface area contributed by atoms with Crippen LogP contribution in [0.15, 0.2) is 24.3 Å². The van der Waals surface area contributed by atoms with E-state index < -0.39 is 11.7 Å². The zero-order chi connectivity index (χ0) is 16.9. The zero-order valence-electron chi connectivity index (χ0n) is 13.1. The van der Waals surface area contributed by atoms with Crippen molar-refractivity contribution in [2.45, 2.75) is 19.5 Å². The minimum atomic E-state index is -4.42. The Bertz CT molecular complexity index is 526. The van der Waals surface area contributed by atoms with Gasteiger partial charge in [-0.05, 0) is 31.2 Å². The van der Waals surface area contributed by atoms with Crippen LogP contribution in [-0.4, -0.2) is 55.0 Å². The van der Waals surface area contributed by atoms with Crippen LogP contribution in [0.2, 0.25) is 0 Å². The van der Waals surface area contributed by atoms with Gasteiger partial charge in [-0.1, -0.05) is 13.0 Å². The van der Waals surface area contributed by atoms with Crippen molar-refractivity contribution in [1.82, 2.24) is 9.80 Å². The number of hydrogen-bond acceptors (Lipinski definition) is 3. The Kier molecular flexibility index (Phi) is 5.87. The van der Waals surface area contributed by atoms with Crippen LogP contribution in [0, 0.1) is 0 Å². The van der Waals surface area contributed by atoms with Gasteiger partial charge in [-0.15, -0.1) is 0 Å². The summed E-state index contributed by atoms with van der Waals surface area (Å²) in [5, 5.41) is 0. The van der Waals surface area contributed by atoms with Gasteiger partial charge >= 0.3 is 6.18 Å². The van der Waals surface area contributed by atoms with Crippen LogP contribution in [0.3, 0.4) is 0 Å². The summed E-state index contributed by atoms with van der Waals surface area (Å²) in [7, 11) is 0. The molecule has 1 fully saturated rings. The number of halogens is 3. The van der Waals surface area contributed by atoms with E-state index in [9.17, 15) is 18.0 Å². The maximum Gasteiger partial charge on any atom is 0.416 e. The fourth-order valence-corrected chi connectivity index (χ4v) is 2.54. The molecule has 1 amide bonds. The molecule has 1 aliphatic rings. The molecule has 0 N–H and O–H groups in total. The second-order valence-corrected chi connectivity index (χ2v) is 5.54. The lowest BCUT2D eigenvalue weighted by atomic mass is 10.2. The second kappa shape index (κ2) is 7.68. The molecule has 0 unspecified atom stereocenters. The number of nitrogens with zero attached hydrogens (tertiary/aromatic N) is 2. The van der Waals surface area contributed by atoms with Gasteiger partial charge in [0.15, 0.2) is 6.61 Å². The molecule has 1 heterocycles. The van der Waals surface area contributed by atoms with E-state index in [-0.39, 0.29) is 18.3 Å². The minimum absolute atomic E-state index is 0.0535. The normalized spacial score (nSPS) is 16.4. The molecule has 1 aromatic rings. The topological polar surface area (TPSA) is 32.8 Å². The van der Waals surface area contributed by atoms with Crippen molar-refractivity contribution in [2.24, 2.45) is 0 Å². The van der Waals surface area contributed by atoms with Crippen LogP contribution in [-0.2, 0) is 11.0 Å². The van der Waals surface area contributed by atoms with Gasteiger partial charge < -0.3 is 9.64 Å². The van der Waals surface area contributed by atoms with Crippen LogP contribution in [0.4, 0.5) is 13.2 Å². The van der Waals surface area contributed by atoms with E-state index in [4.69, 9.17) is 4.74 Å². The zero-order valence-corrected chi connectivity index (χ0v) is 13.1. The van der Waals surface area contributed by atoms with E-state index in [1.807, 2.05) is 0 Å². The van der Waals surface area contributed by atoms with Crippen molar-refractivity contribution >= 4 is 5.91 Å². The number of hydrogen-bond donors (Lipinski definition) is 0. The highest BCUT2D eigenvalue weighted by atomic mass is 19.4. The standard InChI is InChI=1S/C16H21F3N2O2/c1-2-6-20-7-9-21(10-8-20)15(22)12-23-14-5-3-4-13(11-14)16(17,18)19/h3-5,11H,2,6-10,12H2,1H3. The molecule has 0 atom stereocenters. The van der Waals surface area contributed by atoms with Crippen molar-refractivity contribution in [3.05, 3.63) is 29.8 Å². The second-order valence-electron chi connectivity index (χ2n) is 5.54. The number of carbonyl (C=O) groups excluding carboxylic acids is 1. The van der Waals surface area contributed by atoms with Crippen LogP contribution in [0.1, 0.15) is 18.9 Å². The van der Waals surface area contributed by atoms with E-state index in [1.54, 1.807) is 4.90 Å². The highest BCUT2D eigenvalue weighted by Gasteiger charge is 2.30. The van der Waals surface area contributed by atoms with Gasteiger partial charge in [0, 0.05) is 26.2 Å². The highest BCUT2D eigenvalue weighted by Crippen LogP contribution is 2.31. The fourth-order valence-electron chi connectivity index (χ4n) is 2.54. The molecule has 0 bridgehead atoms. The average Bonchev–Trinajstić information content (AvgIpc) is 2.53. The van der Waals surface area contributed by atoms with Gasteiger partial charge in [-0.25, -0.2) is 0 Å². The van der Waals surface area contributed by atoms with E-state index in [0.717, 1.165) is 38.2 Å². The summed E-state index contributed by atoms with van der Waals surface area (Å²) in [4.78, 5) is 16.1. The molecular formula is C16H21F3N2O2. The Morgan fingerprint density at radius 3 is 2.52 bits per heavy atom. The molecule has 0 radical (unpaired) electrons. The fraction of sp³-hybridized carbons (Fsp3) is 0.562. The van der Waals surface area contributed by atoms with E-state index in [0.29, 0.717) is 13.1 Å².